The van der Waals surface area contributed by atoms with Crippen LogP contribution < -0.4 is 0 Å². The van der Waals surface area contributed by atoms with E-state index in [1.165, 1.54) is 11.1 Å². The Labute approximate surface area is 306 Å². The van der Waals surface area contributed by atoms with Crippen molar-refractivity contribution in [3.05, 3.63) is 188 Å². The molecular weight excluding hydrogens is 647 g/mol. The second-order valence-corrected chi connectivity index (χ2v) is 13.2. The summed E-state index contributed by atoms with van der Waals surface area (Å²) in [6, 6.07) is 65.1. The minimum Gasteiger partial charge on any atom is -0.455 e. The van der Waals surface area contributed by atoms with Gasteiger partial charge in [-0.2, -0.15) is 0 Å². The van der Waals surface area contributed by atoms with Crippen molar-refractivity contribution >= 4 is 32.7 Å². The van der Waals surface area contributed by atoms with E-state index in [4.69, 9.17) is 19.4 Å². The van der Waals surface area contributed by atoms with Gasteiger partial charge in [-0.25, -0.2) is 15.0 Å². The first-order valence-electron chi connectivity index (χ1n) is 17.8. The van der Waals surface area contributed by atoms with Crippen LogP contribution in [0.5, 0.6) is 0 Å². The number of fused-ring (bicyclic) bond motifs is 4. The van der Waals surface area contributed by atoms with Crippen molar-refractivity contribution < 1.29 is 4.42 Å². The van der Waals surface area contributed by atoms with Gasteiger partial charge in [0, 0.05) is 33.0 Å². The fourth-order valence-corrected chi connectivity index (χ4v) is 7.37. The van der Waals surface area contributed by atoms with E-state index in [0.717, 1.165) is 71.7 Å². The molecule has 10 aromatic rings. The van der Waals surface area contributed by atoms with Crippen LogP contribution in [0.4, 0.5) is 0 Å². The largest absolute Gasteiger partial charge is 0.455 e. The lowest BCUT2D eigenvalue weighted by molar-refractivity contribution is 0.670. The molecule has 10 rings (SSSR count). The molecule has 4 heteroatoms. The molecule has 0 unspecified atom stereocenters. The van der Waals surface area contributed by atoms with Gasteiger partial charge in [-0.3, -0.25) is 0 Å². The van der Waals surface area contributed by atoms with Gasteiger partial charge < -0.3 is 4.42 Å². The lowest BCUT2D eigenvalue weighted by Crippen LogP contribution is -2.01. The first kappa shape index (κ1) is 30.6. The zero-order valence-corrected chi connectivity index (χ0v) is 28.6. The van der Waals surface area contributed by atoms with E-state index in [2.05, 4.69) is 152 Å². The molecule has 2 aromatic heterocycles. The Hall–Kier alpha value is -7.17. The number of aromatic nitrogens is 3. The average molecular weight is 678 g/mol. The number of benzene rings is 8. The summed E-state index contributed by atoms with van der Waals surface area (Å²) in [7, 11) is 0. The Kier molecular flexibility index (Phi) is 7.43. The molecule has 4 nitrogen and oxygen atoms in total. The minimum absolute atomic E-state index is 0.589. The van der Waals surface area contributed by atoms with Gasteiger partial charge in [-0.15, -0.1) is 0 Å². The fourth-order valence-electron chi connectivity index (χ4n) is 7.37. The van der Waals surface area contributed by atoms with E-state index in [-0.39, 0.29) is 0 Å². The van der Waals surface area contributed by atoms with Crippen molar-refractivity contribution in [2.45, 2.75) is 0 Å². The van der Waals surface area contributed by atoms with Gasteiger partial charge in [0.25, 0.3) is 0 Å². The van der Waals surface area contributed by atoms with Crippen molar-refractivity contribution in [3.8, 4) is 67.5 Å². The van der Waals surface area contributed by atoms with Crippen LogP contribution in [0.3, 0.4) is 0 Å². The molecule has 0 bridgehead atoms. The lowest BCUT2D eigenvalue weighted by Gasteiger charge is -2.13. The summed E-state index contributed by atoms with van der Waals surface area (Å²) in [5, 5.41) is 4.27. The predicted molar refractivity (Wildman–Crippen MR) is 217 cm³/mol. The summed E-state index contributed by atoms with van der Waals surface area (Å²) in [5.41, 5.74) is 11.1. The van der Waals surface area contributed by atoms with Crippen LogP contribution in [0, 0.1) is 0 Å². The number of nitrogens with zero attached hydrogens (tertiary/aromatic N) is 3. The first-order valence-corrected chi connectivity index (χ1v) is 17.8. The van der Waals surface area contributed by atoms with Crippen LogP contribution in [0.15, 0.2) is 192 Å². The third-order valence-electron chi connectivity index (χ3n) is 9.94. The normalized spacial score (nSPS) is 11.4. The fraction of sp³-hybridized carbons (Fsp3) is 0. The molecule has 0 saturated carbocycles. The molecule has 0 N–H and O–H groups in total. The van der Waals surface area contributed by atoms with Crippen molar-refractivity contribution in [3.63, 3.8) is 0 Å². The number of furan rings is 1. The van der Waals surface area contributed by atoms with Crippen LogP contribution in [0.2, 0.25) is 0 Å². The van der Waals surface area contributed by atoms with Crippen LogP contribution in [-0.4, -0.2) is 15.0 Å². The van der Waals surface area contributed by atoms with Crippen LogP contribution in [0.1, 0.15) is 0 Å². The van der Waals surface area contributed by atoms with E-state index in [1.807, 2.05) is 36.4 Å². The van der Waals surface area contributed by atoms with Crippen molar-refractivity contribution in [1.29, 1.82) is 0 Å². The van der Waals surface area contributed by atoms with Gasteiger partial charge in [-0.05, 0) is 56.8 Å². The Morgan fingerprint density at radius 2 is 0.830 bits per heavy atom. The van der Waals surface area contributed by atoms with Crippen LogP contribution in [-0.2, 0) is 0 Å². The summed E-state index contributed by atoms with van der Waals surface area (Å²) >= 11 is 0. The maximum Gasteiger partial charge on any atom is 0.164 e. The third-order valence-corrected chi connectivity index (χ3v) is 9.94. The molecule has 2 heterocycles. The first-order chi connectivity index (χ1) is 26.3. The lowest BCUT2D eigenvalue weighted by atomic mass is 9.98. The zero-order valence-electron chi connectivity index (χ0n) is 28.6. The number of para-hydroxylation sites is 1. The van der Waals surface area contributed by atoms with Gasteiger partial charge >= 0.3 is 0 Å². The second-order valence-electron chi connectivity index (χ2n) is 13.2. The summed E-state index contributed by atoms with van der Waals surface area (Å²) < 4.78 is 6.63. The molecule has 0 amide bonds. The number of hydrogen-bond donors (Lipinski definition) is 0. The van der Waals surface area contributed by atoms with Gasteiger partial charge in [0.05, 0.1) is 0 Å². The Balaban J connectivity index is 1.19. The molecule has 0 fully saturated rings. The molecular formula is C49H31N3O. The van der Waals surface area contributed by atoms with E-state index >= 15 is 0 Å². The summed E-state index contributed by atoms with van der Waals surface area (Å²) in [6.45, 7) is 0. The SMILES string of the molecule is c1ccc(-c2ccc3cc(-c4nc(-c5ccccc5-c5ccccc5)nc(-c5cccc6oc7c(-c8ccccc8)cccc7c56)n4)ccc3c2)cc1. The third kappa shape index (κ3) is 5.54. The van der Waals surface area contributed by atoms with Gasteiger partial charge in [0.15, 0.2) is 17.5 Å². The Bertz CT molecular complexity index is 2940. The number of rotatable bonds is 6. The van der Waals surface area contributed by atoms with Gasteiger partial charge in [0.2, 0.25) is 0 Å². The highest BCUT2D eigenvalue weighted by Crippen LogP contribution is 2.41. The smallest absolute Gasteiger partial charge is 0.164 e. The highest BCUT2D eigenvalue weighted by atomic mass is 16.3. The Morgan fingerprint density at radius 1 is 0.321 bits per heavy atom. The second kappa shape index (κ2) is 12.9. The summed E-state index contributed by atoms with van der Waals surface area (Å²) in [4.78, 5) is 15.7. The highest BCUT2D eigenvalue weighted by Gasteiger charge is 2.20. The molecule has 248 valence electrons. The zero-order chi connectivity index (χ0) is 35.1. The maximum atomic E-state index is 6.63. The van der Waals surface area contributed by atoms with Crippen LogP contribution >= 0.6 is 0 Å². The van der Waals surface area contributed by atoms with E-state index in [0.29, 0.717) is 17.5 Å². The minimum atomic E-state index is 0.589. The molecule has 53 heavy (non-hydrogen) atoms. The van der Waals surface area contributed by atoms with E-state index < -0.39 is 0 Å². The summed E-state index contributed by atoms with van der Waals surface area (Å²) in [5.74, 6) is 1.81. The molecule has 0 aliphatic rings. The molecule has 0 radical (unpaired) electrons. The van der Waals surface area contributed by atoms with E-state index in [1.54, 1.807) is 0 Å². The average Bonchev–Trinajstić information content (AvgIpc) is 3.63. The Morgan fingerprint density at radius 3 is 1.55 bits per heavy atom. The van der Waals surface area contributed by atoms with Crippen molar-refractivity contribution in [2.24, 2.45) is 0 Å². The van der Waals surface area contributed by atoms with Gasteiger partial charge in [0.1, 0.15) is 11.2 Å². The predicted octanol–water partition coefficient (Wildman–Crippen LogP) is 12.9. The maximum absolute atomic E-state index is 6.63. The van der Waals surface area contributed by atoms with Gasteiger partial charge in [-0.1, -0.05) is 170 Å². The monoisotopic (exact) mass is 677 g/mol. The molecule has 0 spiro atoms. The van der Waals surface area contributed by atoms with E-state index in [9.17, 15) is 0 Å². The number of hydrogen-bond acceptors (Lipinski definition) is 4. The molecule has 0 aliphatic carbocycles. The van der Waals surface area contributed by atoms with Crippen molar-refractivity contribution in [2.75, 3.05) is 0 Å². The molecule has 0 aliphatic heterocycles. The molecule has 8 aromatic carbocycles. The topological polar surface area (TPSA) is 51.8 Å². The highest BCUT2D eigenvalue weighted by molar-refractivity contribution is 6.15. The quantitative estimate of drug-likeness (QED) is 0.176. The standard InChI is InChI=1S/C49H31N3O/c1-4-14-32(15-5-1)35-26-27-37-31-38(29-28-36(37)30-35)47-50-48(41-21-11-10-20-39(41)33-16-6-2-7-17-33)52-49(51-47)43-24-13-25-44-45(43)42-23-12-22-40(46(42)53-44)34-18-8-3-9-19-34/h1-31H. The molecule has 0 saturated heterocycles. The summed E-state index contributed by atoms with van der Waals surface area (Å²) in [6.07, 6.45) is 0. The van der Waals surface area contributed by atoms with Crippen LogP contribution in [0.25, 0.3) is 100 Å². The van der Waals surface area contributed by atoms with Crippen molar-refractivity contribution in [1.82, 2.24) is 15.0 Å². The molecule has 0 atom stereocenters.